The Morgan fingerprint density at radius 1 is 0.585 bits per heavy atom. The van der Waals surface area contributed by atoms with Gasteiger partial charge in [0.05, 0.1) is 24.3 Å². The van der Waals surface area contributed by atoms with E-state index in [4.69, 9.17) is 23.7 Å². The summed E-state index contributed by atoms with van der Waals surface area (Å²) in [5.74, 6) is -23.7. The van der Waals surface area contributed by atoms with Gasteiger partial charge in [0.25, 0.3) is 0 Å². The molecule has 3 rings (SSSR count). The molecule has 0 saturated carbocycles. The average Bonchev–Trinajstić information content (AvgIpc) is 3.13. The molecular weight excluding hydrogens is 716 g/mol. The van der Waals surface area contributed by atoms with Crippen LogP contribution in [0.4, 0.5) is 35.1 Å². The maximum atomic E-state index is 15.2. The summed E-state index contributed by atoms with van der Waals surface area (Å²) in [7, 11) is 0. The average molecular weight is 763 g/mol. The highest BCUT2D eigenvalue weighted by molar-refractivity contribution is 5.94. The van der Waals surface area contributed by atoms with E-state index >= 15 is 17.6 Å². The van der Waals surface area contributed by atoms with Crippen molar-refractivity contribution in [1.29, 1.82) is 0 Å². The van der Waals surface area contributed by atoms with Crippen molar-refractivity contribution in [3.05, 3.63) is 75.9 Å². The number of carbonyl (C=O) groups excluding carboxylic acids is 1. The van der Waals surface area contributed by atoms with E-state index in [2.05, 4.69) is 0 Å². The molecule has 0 spiro atoms. The summed E-state index contributed by atoms with van der Waals surface area (Å²) in [4.78, 5) is 13.0. The topological polar surface area (TPSA) is 63.2 Å². The summed E-state index contributed by atoms with van der Waals surface area (Å²) in [5.41, 5.74) is -3.85. The van der Waals surface area contributed by atoms with Crippen LogP contribution in [0.5, 0.6) is 17.2 Å². The Labute approximate surface area is 304 Å². The predicted molar refractivity (Wildman–Crippen MR) is 182 cm³/mol. The standard InChI is InChI=1S/C39H46F8O6/c1-5-8-20-52-37-33(44)29(40)27(30(41)34(37)45)28-31(42)35(46)38(36(47)32(28)43)53-39(48)24-19-18-23(4)22-25(24)51-21-16-14-12-10-9-11-13-15-17-26(49-6-2)50-7-3/h18-19,22,26H,5-17,20-21H2,1-4H3. The zero-order valence-electron chi connectivity index (χ0n) is 30.4. The van der Waals surface area contributed by atoms with Gasteiger partial charge in [-0.1, -0.05) is 57.9 Å². The van der Waals surface area contributed by atoms with E-state index in [0.29, 0.717) is 31.6 Å². The molecule has 0 aromatic heterocycles. The molecule has 0 heterocycles. The smallest absolute Gasteiger partial charge is 0.347 e. The zero-order chi connectivity index (χ0) is 39.1. The van der Waals surface area contributed by atoms with Crippen LogP contribution in [0, 0.1) is 53.5 Å². The molecule has 0 aliphatic heterocycles. The predicted octanol–water partition coefficient (Wildman–Crippen LogP) is 11.5. The van der Waals surface area contributed by atoms with Crippen molar-refractivity contribution in [3.63, 3.8) is 0 Å². The van der Waals surface area contributed by atoms with Crippen molar-refractivity contribution < 1.29 is 63.6 Å². The minimum Gasteiger partial charge on any atom is -0.493 e. The maximum Gasteiger partial charge on any atom is 0.347 e. The van der Waals surface area contributed by atoms with Crippen LogP contribution in [-0.4, -0.2) is 38.7 Å². The quantitative estimate of drug-likeness (QED) is 0.0239. The Morgan fingerprint density at radius 3 is 1.57 bits per heavy atom. The van der Waals surface area contributed by atoms with Crippen LogP contribution in [0.25, 0.3) is 11.1 Å². The molecule has 3 aromatic carbocycles. The highest BCUT2D eigenvalue weighted by atomic mass is 19.2. The first-order valence-corrected chi connectivity index (χ1v) is 17.9. The first-order chi connectivity index (χ1) is 25.4. The number of esters is 1. The fraction of sp³-hybridized carbons (Fsp3) is 0.513. The van der Waals surface area contributed by atoms with E-state index in [1.807, 2.05) is 13.8 Å². The lowest BCUT2D eigenvalue weighted by atomic mass is 10.0. The van der Waals surface area contributed by atoms with Crippen LogP contribution in [-0.2, 0) is 9.47 Å². The Kier molecular flexibility index (Phi) is 17.8. The van der Waals surface area contributed by atoms with Crippen LogP contribution in [0.15, 0.2) is 18.2 Å². The van der Waals surface area contributed by atoms with Gasteiger partial charge in [-0.15, -0.1) is 0 Å². The fourth-order valence-corrected chi connectivity index (χ4v) is 5.50. The summed E-state index contributed by atoms with van der Waals surface area (Å²) in [5, 5.41) is 0. The van der Waals surface area contributed by atoms with Crippen molar-refractivity contribution >= 4 is 5.97 Å². The van der Waals surface area contributed by atoms with Gasteiger partial charge < -0.3 is 23.7 Å². The van der Waals surface area contributed by atoms with Gasteiger partial charge in [0.2, 0.25) is 29.0 Å². The van der Waals surface area contributed by atoms with E-state index in [-0.39, 0.29) is 37.2 Å². The van der Waals surface area contributed by atoms with Crippen LogP contribution < -0.4 is 14.2 Å². The largest absolute Gasteiger partial charge is 0.493 e. The van der Waals surface area contributed by atoms with Crippen molar-refractivity contribution in [1.82, 2.24) is 0 Å². The van der Waals surface area contributed by atoms with Crippen LogP contribution >= 0.6 is 0 Å². The minimum absolute atomic E-state index is 0.0258. The van der Waals surface area contributed by atoms with Crippen LogP contribution in [0.3, 0.4) is 0 Å². The molecule has 0 amide bonds. The van der Waals surface area contributed by atoms with Gasteiger partial charge in [-0.3, -0.25) is 0 Å². The second-order valence-corrected chi connectivity index (χ2v) is 12.3. The molecule has 0 saturated heterocycles. The Hall–Kier alpha value is -3.91. The third kappa shape index (κ3) is 11.5. The lowest BCUT2D eigenvalue weighted by Crippen LogP contribution is -2.17. The molecule has 0 unspecified atom stereocenters. The molecule has 14 heteroatoms. The van der Waals surface area contributed by atoms with E-state index in [0.717, 1.165) is 51.4 Å². The van der Waals surface area contributed by atoms with Crippen LogP contribution in [0.2, 0.25) is 0 Å². The van der Waals surface area contributed by atoms with Crippen molar-refractivity contribution in [2.24, 2.45) is 0 Å². The Balaban J connectivity index is 1.65. The normalized spacial score (nSPS) is 11.4. The first kappa shape index (κ1) is 43.5. The number of hydrogen-bond donors (Lipinski definition) is 0. The van der Waals surface area contributed by atoms with Crippen molar-refractivity contribution in [2.45, 2.75) is 105 Å². The number of ether oxygens (including phenoxy) is 5. The SMILES string of the molecule is CCCCOc1c(F)c(F)c(-c2c(F)c(F)c(OC(=O)c3ccc(C)cc3OCCCCCCCCCCC(OCC)OCC)c(F)c2F)c(F)c1F. The summed E-state index contributed by atoms with van der Waals surface area (Å²) in [6, 6.07) is 4.13. The third-order valence-electron chi connectivity index (χ3n) is 8.29. The molecule has 0 bridgehead atoms. The molecule has 0 fully saturated rings. The van der Waals surface area contributed by atoms with Crippen LogP contribution in [0.1, 0.15) is 107 Å². The monoisotopic (exact) mass is 762 g/mol. The highest BCUT2D eigenvalue weighted by Crippen LogP contribution is 2.42. The molecular formula is C39H46F8O6. The summed E-state index contributed by atoms with van der Waals surface area (Å²) in [6.07, 6.45) is 9.08. The van der Waals surface area contributed by atoms with Gasteiger partial charge in [-0.05, 0) is 64.2 Å². The highest BCUT2D eigenvalue weighted by Gasteiger charge is 2.36. The molecule has 6 nitrogen and oxygen atoms in total. The first-order valence-electron chi connectivity index (χ1n) is 17.9. The van der Waals surface area contributed by atoms with Gasteiger partial charge in [0.1, 0.15) is 11.3 Å². The number of carbonyl (C=O) groups is 1. The lowest BCUT2D eigenvalue weighted by molar-refractivity contribution is -0.140. The van der Waals surface area contributed by atoms with Crippen molar-refractivity contribution in [3.8, 4) is 28.4 Å². The van der Waals surface area contributed by atoms with Crippen molar-refractivity contribution in [2.75, 3.05) is 26.4 Å². The maximum absolute atomic E-state index is 15.2. The van der Waals surface area contributed by atoms with Gasteiger partial charge >= 0.3 is 5.97 Å². The molecule has 294 valence electrons. The molecule has 3 aromatic rings. The summed E-state index contributed by atoms with van der Waals surface area (Å²) >= 11 is 0. The molecule has 0 N–H and O–H groups in total. The molecule has 0 radical (unpaired) electrons. The fourth-order valence-electron chi connectivity index (χ4n) is 5.50. The number of rotatable bonds is 23. The third-order valence-corrected chi connectivity index (χ3v) is 8.29. The Bertz CT molecular complexity index is 1600. The van der Waals surface area contributed by atoms with Gasteiger partial charge in [0.15, 0.2) is 35.3 Å². The molecule has 0 aliphatic rings. The molecule has 53 heavy (non-hydrogen) atoms. The second-order valence-electron chi connectivity index (χ2n) is 12.3. The number of aryl methyl sites for hydroxylation is 1. The number of halogens is 8. The minimum atomic E-state index is -2.47. The van der Waals surface area contributed by atoms with E-state index < -0.39 is 75.1 Å². The Morgan fingerprint density at radius 2 is 1.06 bits per heavy atom. The molecule has 0 atom stereocenters. The van der Waals surface area contributed by atoms with Gasteiger partial charge in [-0.25, -0.2) is 22.4 Å². The number of unbranched alkanes of at least 4 members (excludes halogenated alkanes) is 8. The van der Waals surface area contributed by atoms with E-state index in [9.17, 15) is 22.4 Å². The second kappa shape index (κ2) is 21.7. The molecule has 0 aliphatic carbocycles. The van der Waals surface area contributed by atoms with Gasteiger partial charge in [0, 0.05) is 13.2 Å². The number of hydrogen-bond acceptors (Lipinski definition) is 6. The van der Waals surface area contributed by atoms with E-state index in [1.165, 1.54) is 18.2 Å². The summed E-state index contributed by atoms with van der Waals surface area (Å²) < 4.78 is 146. The zero-order valence-corrected chi connectivity index (χ0v) is 30.4. The summed E-state index contributed by atoms with van der Waals surface area (Å²) in [6.45, 7) is 8.29. The van der Waals surface area contributed by atoms with E-state index in [1.54, 1.807) is 13.8 Å². The van der Waals surface area contributed by atoms with Gasteiger partial charge in [-0.2, -0.15) is 17.6 Å². The number of benzene rings is 3. The lowest BCUT2D eigenvalue weighted by Gasteiger charge is -2.16.